The predicted molar refractivity (Wildman–Crippen MR) is 124 cm³/mol. The fourth-order valence-corrected chi connectivity index (χ4v) is 3.28. The summed E-state index contributed by atoms with van der Waals surface area (Å²) in [5.74, 6) is 0.229. The zero-order valence-electron chi connectivity index (χ0n) is 17.7. The molecule has 0 radical (unpaired) electrons. The lowest BCUT2D eigenvalue weighted by molar-refractivity contribution is -0.114. The number of aromatic nitrogens is 2. The maximum Gasteiger partial charge on any atom is 0.259 e. The van der Waals surface area contributed by atoms with Gasteiger partial charge in [0.25, 0.3) is 5.91 Å². The zero-order chi connectivity index (χ0) is 22.5. The number of hydrogen-bond acceptors (Lipinski definition) is 4. The molecular formula is C25H22N4O3. The van der Waals surface area contributed by atoms with Crippen molar-refractivity contribution < 1.29 is 14.3 Å². The Labute approximate surface area is 185 Å². The Morgan fingerprint density at radius 3 is 2.22 bits per heavy atom. The van der Waals surface area contributed by atoms with Gasteiger partial charge < -0.3 is 15.4 Å². The van der Waals surface area contributed by atoms with Crippen LogP contribution in [-0.2, 0) is 4.79 Å². The number of rotatable bonds is 6. The summed E-state index contributed by atoms with van der Waals surface area (Å²) in [6.45, 7) is 1.44. The molecule has 0 bridgehead atoms. The molecule has 1 aromatic heterocycles. The number of amides is 2. The molecule has 0 fully saturated rings. The minimum atomic E-state index is -0.294. The van der Waals surface area contributed by atoms with Crippen molar-refractivity contribution in [3.63, 3.8) is 0 Å². The van der Waals surface area contributed by atoms with Gasteiger partial charge in [0.05, 0.1) is 18.4 Å². The second-order valence-corrected chi connectivity index (χ2v) is 7.12. The van der Waals surface area contributed by atoms with Crippen molar-refractivity contribution in [1.29, 1.82) is 0 Å². The highest BCUT2D eigenvalue weighted by molar-refractivity contribution is 6.08. The first kappa shape index (κ1) is 20.9. The van der Waals surface area contributed by atoms with Crippen molar-refractivity contribution in [3.8, 4) is 22.7 Å². The van der Waals surface area contributed by atoms with Crippen LogP contribution < -0.4 is 15.4 Å². The van der Waals surface area contributed by atoms with Gasteiger partial charge in [0.15, 0.2) is 0 Å². The molecule has 160 valence electrons. The summed E-state index contributed by atoms with van der Waals surface area (Å²) in [4.78, 5) is 24.4. The fraction of sp³-hybridized carbons (Fsp3) is 0.0800. The third-order valence-electron chi connectivity index (χ3n) is 4.79. The first-order valence-corrected chi connectivity index (χ1v) is 10.0. The van der Waals surface area contributed by atoms with Gasteiger partial charge >= 0.3 is 0 Å². The lowest BCUT2D eigenvalue weighted by atomic mass is 10.1. The maximum atomic E-state index is 13.2. The van der Waals surface area contributed by atoms with E-state index < -0.39 is 0 Å². The summed E-state index contributed by atoms with van der Waals surface area (Å²) in [5, 5.41) is 10.3. The largest absolute Gasteiger partial charge is 0.497 e. The predicted octanol–water partition coefficient (Wildman–Crippen LogP) is 4.76. The molecular weight excluding hydrogens is 404 g/mol. The second kappa shape index (κ2) is 9.18. The van der Waals surface area contributed by atoms with E-state index in [1.807, 2.05) is 54.6 Å². The molecule has 0 aliphatic heterocycles. The van der Waals surface area contributed by atoms with Crippen molar-refractivity contribution in [2.24, 2.45) is 0 Å². The van der Waals surface area contributed by atoms with Gasteiger partial charge in [-0.1, -0.05) is 30.3 Å². The van der Waals surface area contributed by atoms with E-state index in [1.54, 1.807) is 42.3 Å². The molecule has 7 heteroatoms. The van der Waals surface area contributed by atoms with Crippen LogP contribution in [-0.4, -0.2) is 28.7 Å². The molecule has 3 aromatic carbocycles. The number of benzene rings is 3. The van der Waals surface area contributed by atoms with Crippen molar-refractivity contribution in [1.82, 2.24) is 9.78 Å². The Morgan fingerprint density at radius 1 is 0.875 bits per heavy atom. The number of anilines is 2. The van der Waals surface area contributed by atoms with Crippen LogP contribution in [0.1, 0.15) is 17.3 Å². The summed E-state index contributed by atoms with van der Waals surface area (Å²) >= 11 is 0. The number of carbonyl (C=O) groups is 2. The van der Waals surface area contributed by atoms with E-state index in [0.29, 0.717) is 28.4 Å². The summed E-state index contributed by atoms with van der Waals surface area (Å²) in [6.07, 6.45) is 1.71. The summed E-state index contributed by atoms with van der Waals surface area (Å²) < 4.78 is 7.02. The third kappa shape index (κ3) is 4.67. The molecule has 4 aromatic rings. The van der Waals surface area contributed by atoms with Crippen LogP contribution in [0, 0.1) is 0 Å². The molecule has 0 atom stereocenters. The van der Waals surface area contributed by atoms with Gasteiger partial charge in [-0.05, 0) is 48.5 Å². The first-order valence-electron chi connectivity index (χ1n) is 10.0. The number of nitrogens with zero attached hydrogens (tertiary/aromatic N) is 2. The van der Waals surface area contributed by atoms with Crippen LogP contribution in [0.25, 0.3) is 16.9 Å². The van der Waals surface area contributed by atoms with E-state index in [9.17, 15) is 9.59 Å². The quantitative estimate of drug-likeness (QED) is 0.466. The van der Waals surface area contributed by atoms with E-state index in [2.05, 4.69) is 15.7 Å². The Morgan fingerprint density at radius 2 is 1.56 bits per heavy atom. The molecule has 32 heavy (non-hydrogen) atoms. The molecule has 2 N–H and O–H groups in total. The van der Waals surface area contributed by atoms with Gasteiger partial charge in [-0.25, -0.2) is 4.68 Å². The molecule has 4 rings (SSSR count). The molecule has 0 aliphatic rings. The van der Waals surface area contributed by atoms with E-state index in [4.69, 9.17) is 4.74 Å². The standard InChI is InChI=1S/C25H22N4O3/c1-17(30)26-19-11-13-20(14-12-19)27-25(31)23-16-29(21-8-4-3-5-9-21)28-24(23)18-7-6-10-22(15-18)32-2/h3-16H,1-2H3,(H,26,30)(H,27,31). The zero-order valence-corrected chi connectivity index (χ0v) is 17.7. The molecule has 0 spiro atoms. The smallest absolute Gasteiger partial charge is 0.259 e. The highest BCUT2D eigenvalue weighted by atomic mass is 16.5. The summed E-state index contributed by atoms with van der Waals surface area (Å²) in [5.41, 5.74) is 3.84. The lowest BCUT2D eigenvalue weighted by Gasteiger charge is -2.08. The van der Waals surface area contributed by atoms with Crippen LogP contribution in [0.2, 0.25) is 0 Å². The van der Waals surface area contributed by atoms with Crippen molar-refractivity contribution >= 4 is 23.2 Å². The molecule has 7 nitrogen and oxygen atoms in total. The maximum absolute atomic E-state index is 13.2. The minimum Gasteiger partial charge on any atom is -0.497 e. The van der Waals surface area contributed by atoms with E-state index in [1.165, 1.54) is 6.92 Å². The number of methoxy groups -OCH3 is 1. The van der Waals surface area contributed by atoms with Gasteiger partial charge in [-0.3, -0.25) is 9.59 Å². The summed E-state index contributed by atoms with van der Waals surface area (Å²) in [7, 11) is 1.60. The van der Waals surface area contributed by atoms with Gasteiger partial charge in [0, 0.05) is 30.1 Å². The first-order chi connectivity index (χ1) is 15.5. The number of hydrogen-bond donors (Lipinski definition) is 2. The average Bonchev–Trinajstić information content (AvgIpc) is 3.26. The molecule has 2 amide bonds. The van der Waals surface area contributed by atoms with Crippen LogP contribution in [0.4, 0.5) is 11.4 Å². The fourth-order valence-electron chi connectivity index (χ4n) is 3.28. The van der Waals surface area contributed by atoms with Crippen molar-refractivity contribution in [2.75, 3.05) is 17.7 Å². The van der Waals surface area contributed by atoms with Crippen LogP contribution >= 0.6 is 0 Å². The SMILES string of the molecule is COc1cccc(-c2nn(-c3ccccc3)cc2C(=O)Nc2ccc(NC(C)=O)cc2)c1. The van der Waals surface area contributed by atoms with E-state index >= 15 is 0 Å². The molecule has 0 saturated heterocycles. The molecule has 0 unspecified atom stereocenters. The highest BCUT2D eigenvalue weighted by Crippen LogP contribution is 2.28. The average molecular weight is 426 g/mol. The Hall–Kier alpha value is -4.39. The van der Waals surface area contributed by atoms with Crippen LogP contribution in [0.3, 0.4) is 0 Å². The molecule has 0 aliphatic carbocycles. The number of nitrogens with one attached hydrogen (secondary N) is 2. The number of carbonyl (C=O) groups excluding carboxylic acids is 2. The number of ether oxygens (including phenoxy) is 1. The van der Waals surface area contributed by atoms with Crippen LogP contribution in [0.5, 0.6) is 5.75 Å². The Bertz CT molecular complexity index is 1250. The van der Waals surface area contributed by atoms with Crippen molar-refractivity contribution in [2.45, 2.75) is 6.92 Å². The second-order valence-electron chi connectivity index (χ2n) is 7.12. The normalized spacial score (nSPS) is 10.4. The van der Waals surface area contributed by atoms with E-state index in [-0.39, 0.29) is 11.8 Å². The topological polar surface area (TPSA) is 85.2 Å². The lowest BCUT2D eigenvalue weighted by Crippen LogP contribution is -2.12. The minimum absolute atomic E-state index is 0.155. The van der Waals surface area contributed by atoms with Crippen LogP contribution in [0.15, 0.2) is 85.1 Å². The van der Waals surface area contributed by atoms with Gasteiger partial charge in [0.2, 0.25) is 5.91 Å². The van der Waals surface area contributed by atoms with Gasteiger partial charge in [-0.2, -0.15) is 5.10 Å². The highest BCUT2D eigenvalue weighted by Gasteiger charge is 2.19. The Kier molecular flexibility index (Phi) is 5.98. The van der Waals surface area contributed by atoms with E-state index in [0.717, 1.165) is 11.3 Å². The summed E-state index contributed by atoms with van der Waals surface area (Å²) in [6, 6.07) is 24.0. The monoisotopic (exact) mass is 426 g/mol. The number of para-hydroxylation sites is 1. The van der Waals surface area contributed by atoms with Gasteiger partial charge in [-0.15, -0.1) is 0 Å². The van der Waals surface area contributed by atoms with Crippen molar-refractivity contribution in [3.05, 3.63) is 90.6 Å². The Balaban J connectivity index is 1.69. The third-order valence-corrected chi connectivity index (χ3v) is 4.79. The molecule has 0 saturated carbocycles. The molecule has 1 heterocycles. The van der Waals surface area contributed by atoms with Gasteiger partial charge in [0.1, 0.15) is 11.4 Å².